The van der Waals surface area contributed by atoms with Crippen LogP contribution in [0, 0.1) is 0 Å². The molecule has 6 rings (SSSR count). The van der Waals surface area contributed by atoms with Crippen LogP contribution >= 0.6 is 0 Å². The number of piperidine rings is 2. The van der Waals surface area contributed by atoms with Gasteiger partial charge in [0.1, 0.15) is 5.76 Å². The lowest BCUT2D eigenvalue weighted by Crippen LogP contribution is -2.74. The van der Waals surface area contributed by atoms with Crippen LogP contribution in [0.15, 0.2) is 24.0 Å². The second kappa shape index (κ2) is 6.87. The number of benzene rings is 1. The van der Waals surface area contributed by atoms with Crippen LogP contribution in [0.4, 0.5) is 4.79 Å². The number of carbonyl (C=O) groups excluding carboxylic acids is 1. The molecule has 5 aliphatic rings. The Balaban J connectivity index is 1.44. The molecule has 0 aromatic heterocycles. The van der Waals surface area contributed by atoms with Crippen molar-refractivity contribution < 1.29 is 24.1 Å². The second-order valence-corrected chi connectivity index (χ2v) is 10.2. The summed E-state index contributed by atoms with van der Waals surface area (Å²) in [5.74, 6) is 1.90. The topological polar surface area (TPSA) is 71.5 Å². The Hall–Kier alpha value is -2.25. The van der Waals surface area contributed by atoms with Crippen LogP contribution in [0.1, 0.15) is 50.2 Å². The fourth-order valence-electron chi connectivity index (χ4n) is 7.12. The number of ether oxygens (including phenoxy) is 3. The molecule has 2 saturated heterocycles. The van der Waals surface area contributed by atoms with Crippen molar-refractivity contribution in [1.82, 2.24) is 9.80 Å². The molecule has 172 valence electrons. The number of nitrogens with zero attached hydrogens (tertiary/aromatic N) is 2. The van der Waals surface area contributed by atoms with Gasteiger partial charge < -0.3 is 29.1 Å². The van der Waals surface area contributed by atoms with Crippen LogP contribution in [-0.4, -0.2) is 72.0 Å². The molecule has 1 aromatic carbocycles. The SMILES string of the molecule is COc1ccc2c3c1O[C@H]1C(OC(=O)N4CCCC[C@@H]4C)=CC[C@@]4(O)[C@@H](C2)N(C)CC[C@]314. The van der Waals surface area contributed by atoms with Gasteiger partial charge in [0.05, 0.1) is 18.1 Å². The Labute approximate surface area is 188 Å². The zero-order valence-corrected chi connectivity index (χ0v) is 19.1. The number of methoxy groups -OCH3 is 1. The molecule has 0 saturated carbocycles. The maximum atomic E-state index is 13.1. The quantitative estimate of drug-likeness (QED) is 0.763. The first-order chi connectivity index (χ1) is 15.4. The Bertz CT molecular complexity index is 1010. The highest BCUT2D eigenvalue weighted by Crippen LogP contribution is 2.65. The fraction of sp³-hybridized carbons (Fsp3) is 0.640. The minimum atomic E-state index is -0.983. The Morgan fingerprint density at radius 2 is 2.12 bits per heavy atom. The number of hydrogen-bond acceptors (Lipinski definition) is 6. The van der Waals surface area contributed by atoms with Crippen LogP contribution < -0.4 is 9.47 Å². The predicted molar refractivity (Wildman–Crippen MR) is 118 cm³/mol. The van der Waals surface area contributed by atoms with E-state index < -0.39 is 17.1 Å². The molecule has 1 aromatic rings. The largest absolute Gasteiger partial charge is 0.493 e. The van der Waals surface area contributed by atoms with Gasteiger partial charge in [-0.25, -0.2) is 4.79 Å². The summed E-state index contributed by atoms with van der Waals surface area (Å²) < 4.78 is 18.2. The molecule has 3 heterocycles. The van der Waals surface area contributed by atoms with Gasteiger partial charge in [0.15, 0.2) is 17.6 Å². The number of aliphatic hydroxyl groups is 1. The van der Waals surface area contributed by atoms with Gasteiger partial charge in [-0.05, 0) is 70.3 Å². The van der Waals surface area contributed by atoms with E-state index in [0.717, 1.165) is 50.8 Å². The average molecular weight is 441 g/mol. The summed E-state index contributed by atoms with van der Waals surface area (Å²) in [6.45, 7) is 3.65. The van der Waals surface area contributed by atoms with Crippen molar-refractivity contribution in [3.05, 3.63) is 35.1 Å². The van der Waals surface area contributed by atoms with E-state index in [4.69, 9.17) is 14.2 Å². The lowest BCUT2D eigenvalue weighted by Gasteiger charge is -2.61. The van der Waals surface area contributed by atoms with Crippen molar-refractivity contribution >= 4 is 6.09 Å². The molecule has 2 fully saturated rings. The number of likely N-dealkylation sites (N-methyl/N-ethyl adjacent to an activating group) is 1. The number of rotatable bonds is 2. The molecule has 1 amide bonds. The van der Waals surface area contributed by atoms with Crippen molar-refractivity contribution in [3.8, 4) is 11.5 Å². The minimum Gasteiger partial charge on any atom is -0.493 e. The molecule has 1 spiro atoms. The van der Waals surface area contributed by atoms with Gasteiger partial charge in [-0.3, -0.25) is 0 Å². The van der Waals surface area contributed by atoms with Crippen molar-refractivity contribution in [2.45, 2.75) is 74.7 Å². The molecule has 0 radical (unpaired) electrons. The average Bonchev–Trinajstić information content (AvgIpc) is 3.14. The van der Waals surface area contributed by atoms with E-state index in [-0.39, 0.29) is 18.2 Å². The summed E-state index contributed by atoms with van der Waals surface area (Å²) >= 11 is 0. The Kier molecular flexibility index (Phi) is 4.37. The molecule has 7 heteroatoms. The van der Waals surface area contributed by atoms with E-state index in [0.29, 0.717) is 23.7 Å². The summed E-state index contributed by atoms with van der Waals surface area (Å²) in [6, 6.07) is 4.22. The molecule has 0 unspecified atom stereocenters. The van der Waals surface area contributed by atoms with Crippen LogP contribution in [0.2, 0.25) is 0 Å². The van der Waals surface area contributed by atoms with Gasteiger partial charge >= 0.3 is 6.09 Å². The highest BCUT2D eigenvalue weighted by Gasteiger charge is 2.72. The first-order valence-electron chi connectivity index (χ1n) is 11.9. The third-order valence-corrected chi connectivity index (χ3v) is 8.80. The van der Waals surface area contributed by atoms with E-state index in [1.54, 1.807) is 7.11 Å². The molecule has 7 nitrogen and oxygen atoms in total. The summed E-state index contributed by atoms with van der Waals surface area (Å²) in [5, 5.41) is 12.2. The van der Waals surface area contributed by atoms with Gasteiger partial charge in [0.2, 0.25) is 0 Å². The normalized spacial score (nSPS) is 37.3. The lowest BCUT2D eigenvalue weighted by molar-refractivity contribution is -0.163. The maximum Gasteiger partial charge on any atom is 0.415 e. The standard InChI is InChI=1S/C25H32N2O5/c1-15-6-4-5-12-27(15)23(28)31-18-9-10-25(29)19-14-16-7-8-17(30-3)21-20(16)24(25,22(18)32-21)11-13-26(19)2/h7-9,15,19,22,29H,4-6,10-14H2,1-3H3/t15-,19+,22-,24-,25+/m0/s1. The molecule has 2 aliphatic carbocycles. The van der Waals surface area contributed by atoms with Crippen LogP contribution in [-0.2, 0) is 16.6 Å². The smallest absolute Gasteiger partial charge is 0.415 e. The van der Waals surface area contributed by atoms with E-state index in [2.05, 4.69) is 24.9 Å². The number of amides is 1. The lowest BCUT2D eigenvalue weighted by atomic mass is 9.50. The van der Waals surface area contributed by atoms with Gasteiger partial charge in [0.25, 0.3) is 0 Å². The number of hydrogen-bond donors (Lipinski definition) is 1. The van der Waals surface area contributed by atoms with Crippen molar-refractivity contribution in [2.75, 3.05) is 27.2 Å². The van der Waals surface area contributed by atoms with E-state index in [1.165, 1.54) is 5.56 Å². The van der Waals surface area contributed by atoms with E-state index >= 15 is 0 Å². The summed E-state index contributed by atoms with van der Waals surface area (Å²) in [6.07, 6.45) is 6.14. The van der Waals surface area contributed by atoms with Gasteiger partial charge in [-0.2, -0.15) is 0 Å². The first kappa shape index (κ1) is 20.4. The molecular formula is C25H32N2O5. The van der Waals surface area contributed by atoms with Crippen LogP contribution in [0.25, 0.3) is 0 Å². The Morgan fingerprint density at radius 3 is 2.91 bits per heavy atom. The first-order valence-corrected chi connectivity index (χ1v) is 11.9. The summed E-state index contributed by atoms with van der Waals surface area (Å²) in [7, 11) is 3.73. The highest BCUT2D eigenvalue weighted by molar-refractivity contribution is 5.71. The van der Waals surface area contributed by atoms with E-state index in [9.17, 15) is 9.90 Å². The van der Waals surface area contributed by atoms with Crippen LogP contribution in [0.3, 0.4) is 0 Å². The molecule has 32 heavy (non-hydrogen) atoms. The second-order valence-electron chi connectivity index (χ2n) is 10.2. The van der Waals surface area contributed by atoms with E-state index in [1.807, 2.05) is 17.0 Å². The van der Waals surface area contributed by atoms with Crippen molar-refractivity contribution in [2.24, 2.45) is 0 Å². The highest BCUT2D eigenvalue weighted by atomic mass is 16.6. The molecule has 2 bridgehead atoms. The fourth-order valence-corrected chi connectivity index (χ4v) is 7.12. The Morgan fingerprint density at radius 1 is 1.28 bits per heavy atom. The molecular weight excluding hydrogens is 408 g/mol. The molecule has 3 aliphatic heterocycles. The zero-order valence-electron chi connectivity index (χ0n) is 19.1. The third-order valence-electron chi connectivity index (χ3n) is 8.80. The third kappa shape index (κ3) is 2.41. The summed E-state index contributed by atoms with van der Waals surface area (Å²) in [5.41, 5.74) is 0.631. The number of carbonyl (C=O) groups is 1. The van der Waals surface area contributed by atoms with Gasteiger partial charge in [-0.15, -0.1) is 0 Å². The van der Waals surface area contributed by atoms with Crippen LogP contribution in [0.5, 0.6) is 11.5 Å². The molecule has 1 N–H and O–H groups in total. The number of likely N-dealkylation sites (tertiary alicyclic amines) is 2. The predicted octanol–water partition coefficient (Wildman–Crippen LogP) is 2.98. The molecule has 5 atom stereocenters. The summed E-state index contributed by atoms with van der Waals surface area (Å²) in [4.78, 5) is 17.2. The van der Waals surface area contributed by atoms with Crippen molar-refractivity contribution in [1.29, 1.82) is 0 Å². The monoisotopic (exact) mass is 440 g/mol. The minimum absolute atomic E-state index is 0.00943. The zero-order chi connectivity index (χ0) is 22.3. The maximum absolute atomic E-state index is 13.1. The van der Waals surface area contributed by atoms with Crippen molar-refractivity contribution in [3.63, 3.8) is 0 Å². The van der Waals surface area contributed by atoms with Gasteiger partial charge in [-0.1, -0.05) is 6.07 Å². The van der Waals surface area contributed by atoms with Gasteiger partial charge in [0, 0.05) is 30.6 Å².